The first-order chi connectivity index (χ1) is 29.0. The molecule has 2 aromatic carbocycles. The second-order valence-electron chi connectivity index (χ2n) is 12.1. The summed E-state index contributed by atoms with van der Waals surface area (Å²) in [6, 6.07) is 20.0. The Balaban J connectivity index is 0.00000153. The van der Waals surface area contributed by atoms with Gasteiger partial charge in [-0.05, 0) is 11.1 Å². The molecule has 0 fully saturated rings. The lowest BCUT2D eigenvalue weighted by atomic mass is 10.2. The molecule has 0 spiro atoms. The Labute approximate surface area is 350 Å². The van der Waals surface area contributed by atoms with Crippen molar-refractivity contribution in [2.24, 2.45) is 0 Å². The Morgan fingerprint density at radius 2 is 0.610 bits per heavy atom. The minimum atomic E-state index is -4.18. The summed E-state index contributed by atoms with van der Waals surface area (Å²) in [6.07, 6.45) is 0. The first kappa shape index (κ1) is 55.0. The normalized spacial score (nSPS) is 11.6. The van der Waals surface area contributed by atoms with Crippen LogP contribution in [0.3, 0.4) is 0 Å². The van der Waals surface area contributed by atoms with Gasteiger partial charge in [0.2, 0.25) is 0 Å². The molecule has 0 aliphatic carbocycles. The van der Waals surface area contributed by atoms with Crippen LogP contribution in [0.15, 0.2) is 60.7 Å². The summed E-state index contributed by atoms with van der Waals surface area (Å²) in [7, 11) is -4.18. The van der Waals surface area contributed by atoms with Crippen molar-refractivity contribution in [2.45, 2.75) is 13.2 Å². The maximum atomic E-state index is 11.9. The largest absolute Gasteiger partial charge is 0.472 e. The Hall–Kier alpha value is -2.01. The zero-order valence-corrected chi connectivity index (χ0v) is 35.5. The molecule has 0 aromatic heterocycles. The van der Waals surface area contributed by atoms with Gasteiger partial charge in [0.1, 0.15) is 0 Å². The molecule has 4 N–H and O–H groups in total. The van der Waals surface area contributed by atoms with E-state index in [1.165, 1.54) is 0 Å². The summed E-state index contributed by atoms with van der Waals surface area (Å²) in [4.78, 5) is 11.5. The Bertz CT molecular complexity index is 1090. The van der Waals surface area contributed by atoms with Crippen LogP contribution in [-0.2, 0) is 74.2 Å². The number of phosphoric ester groups is 1. The van der Waals surface area contributed by atoms with E-state index >= 15 is 0 Å². The summed E-state index contributed by atoms with van der Waals surface area (Å²) in [6.45, 7) is 10.0. The van der Waals surface area contributed by atoms with Crippen LogP contribution < -0.4 is 0 Å². The van der Waals surface area contributed by atoms with Crippen molar-refractivity contribution in [2.75, 3.05) is 172 Å². The monoisotopic (exact) mass is 867 g/mol. The zero-order chi connectivity index (χ0) is 42.6. The highest BCUT2D eigenvalue weighted by atomic mass is 31.2. The minimum absolute atomic E-state index is 0.0694. The third-order valence-corrected chi connectivity index (χ3v) is 8.43. The van der Waals surface area contributed by atoms with Crippen molar-refractivity contribution in [1.29, 1.82) is 0 Å². The summed E-state index contributed by atoms with van der Waals surface area (Å²) in [5.74, 6) is 0. The molecule has 2 aromatic rings. The van der Waals surface area contributed by atoms with Crippen LogP contribution in [0, 0.1) is 0 Å². The van der Waals surface area contributed by atoms with Gasteiger partial charge in [-0.2, -0.15) is 0 Å². The van der Waals surface area contributed by atoms with Gasteiger partial charge in [-0.15, -0.1) is 0 Å². The summed E-state index contributed by atoms with van der Waals surface area (Å²) < 4.78 is 76.1. The van der Waals surface area contributed by atoms with Gasteiger partial charge in [0.15, 0.2) is 0 Å². The fourth-order valence-corrected chi connectivity index (χ4v) is 5.19. The van der Waals surface area contributed by atoms with Gasteiger partial charge in [0.25, 0.3) is 0 Å². The number of nitrogens with zero attached hydrogens (tertiary/aromatic N) is 1. The molecule has 59 heavy (non-hydrogen) atoms. The number of phosphoric acid groups is 1. The number of hydrogen-bond acceptors (Lipinski definition) is 17. The third kappa shape index (κ3) is 38.6. The smallest absolute Gasteiger partial charge is 0.395 e. The summed E-state index contributed by atoms with van der Waals surface area (Å²) in [5, 5.41) is 25.5. The van der Waals surface area contributed by atoms with Gasteiger partial charge in [-0.1, -0.05) is 60.7 Å². The second-order valence-corrected chi connectivity index (χ2v) is 13.6. The van der Waals surface area contributed by atoms with Crippen LogP contribution in [0.2, 0.25) is 0 Å². The molecule has 0 aliphatic rings. The molecule has 0 saturated heterocycles. The van der Waals surface area contributed by atoms with Gasteiger partial charge < -0.3 is 67.6 Å². The van der Waals surface area contributed by atoms with Crippen LogP contribution in [0.1, 0.15) is 11.1 Å². The quantitative estimate of drug-likeness (QED) is 0.0555. The molecule has 0 saturated carbocycles. The number of rotatable bonds is 42. The Morgan fingerprint density at radius 3 is 0.864 bits per heavy atom. The first-order valence-corrected chi connectivity index (χ1v) is 21.5. The molecule has 0 atom stereocenters. The van der Waals surface area contributed by atoms with E-state index in [0.29, 0.717) is 139 Å². The predicted octanol–water partition coefficient (Wildman–Crippen LogP) is 1.95. The number of aliphatic hydroxyl groups excluding tert-OH is 3. The van der Waals surface area contributed by atoms with E-state index in [2.05, 4.69) is 0 Å². The molecule has 18 nitrogen and oxygen atoms in total. The lowest BCUT2D eigenvalue weighted by molar-refractivity contribution is -0.0165. The van der Waals surface area contributed by atoms with E-state index in [1.807, 2.05) is 60.7 Å². The average Bonchev–Trinajstić information content (AvgIpc) is 3.24. The van der Waals surface area contributed by atoms with Crippen molar-refractivity contribution in [3.05, 3.63) is 71.8 Å². The van der Waals surface area contributed by atoms with Crippen molar-refractivity contribution in [3.63, 3.8) is 0 Å². The molecule has 0 unspecified atom stereocenters. The number of benzene rings is 2. The summed E-state index contributed by atoms with van der Waals surface area (Å²) in [5.41, 5.74) is 2.27. The molecule has 0 radical (unpaired) electrons. The van der Waals surface area contributed by atoms with Gasteiger partial charge in [-0.3, -0.25) is 13.9 Å². The maximum Gasteiger partial charge on any atom is 0.472 e. The van der Waals surface area contributed by atoms with E-state index in [0.717, 1.165) is 11.1 Å². The SMILES string of the molecule is O=P(O)(OCCOCCOCCOCCOCCOCc1ccccc1)OCCOCCOCCOCCOCCOCc1ccccc1.OCCN(CCO)CCO. The van der Waals surface area contributed by atoms with Gasteiger partial charge in [-0.25, -0.2) is 4.57 Å². The Morgan fingerprint density at radius 1 is 0.373 bits per heavy atom. The number of aliphatic hydroxyl groups is 3. The minimum Gasteiger partial charge on any atom is -0.395 e. The highest BCUT2D eigenvalue weighted by Gasteiger charge is 2.20. The zero-order valence-electron chi connectivity index (χ0n) is 34.6. The van der Waals surface area contributed by atoms with E-state index in [1.54, 1.807) is 4.90 Å². The van der Waals surface area contributed by atoms with Crippen LogP contribution in [-0.4, -0.2) is 197 Å². The average molecular weight is 868 g/mol. The van der Waals surface area contributed by atoms with Crippen LogP contribution in [0.4, 0.5) is 0 Å². The van der Waals surface area contributed by atoms with Gasteiger partial charge in [0.05, 0.1) is 165 Å². The highest BCUT2D eigenvalue weighted by Crippen LogP contribution is 2.42. The maximum absolute atomic E-state index is 11.9. The molecule has 0 bridgehead atoms. The van der Waals surface area contributed by atoms with Crippen LogP contribution in [0.5, 0.6) is 0 Å². The fraction of sp³-hybridized carbons (Fsp3) is 0.700. The lowest BCUT2D eigenvalue weighted by Crippen LogP contribution is -2.32. The molecule has 0 heterocycles. The topological polar surface area (TPSA) is 212 Å². The van der Waals surface area contributed by atoms with Gasteiger partial charge >= 0.3 is 7.82 Å². The third-order valence-electron chi connectivity index (χ3n) is 7.41. The van der Waals surface area contributed by atoms with E-state index in [9.17, 15) is 9.46 Å². The fourth-order valence-electron chi connectivity index (χ4n) is 4.51. The van der Waals surface area contributed by atoms with Crippen molar-refractivity contribution in [3.8, 4) is 0 Å². The Kier molecular flexibility index (Phi) is 39.8. The standard InChI is InChI=1S/C34H55O14P.C6H15NO3/c35-49(36,47-29-27-43-21-19-39-13-11-37-15-17-41-23-25-45-31-33-7-3-1-4-8-33)48-30-28-44-22-20-40-14-12-38-16-18-42-24-26-46-32-34-9-5-2-6-10-34;8-4-1-7(2-5-9)3-6-10/h1-10H,11-32H2,(H,35,36);8-10H,1-6H2. The van der Waals surface area contributed by atoms with E-state index in [4.69, 9.17) is 71.7 Å². The molecule has 0 amide bonds. The highest BCUT2D eigenvalue weighted by molar-refractivity contribution is 7.47. The van der Waals surface area contributed by atoms with E-state index in [-0.39, 0.29) is 46.2 Å². The van der Waals surface area contributed by atoms with Crippen molar-refractivity contribution >= 4 is 7.82 Å². The van der Waals surface area contributed by atoms with Crippen LogP contribution in [0.25, 0.3) is 0 Å². The summed E-state index contributed by atoms with van der Waals surface area (Å²) >= 11 is 0. The van der Waals surface area contributed by atoms with Gasteiger partial charge in [0, 0.05) is 19.6 Å². The number of hydrogen-bond donors (Lipinski definition) is 4. The molecular formula is C40H70NO17P. The lowest BCUT2D eigenvalue weighted by Gasteiger charge is -2.17. The molecule has 19 heteroatoms. The van der Waals surface area contributed by atoms with E-state index < -0.39 is 7.82 Å². The molecule has 342 valence electrons. The number of ether oxygens (including phenoxy) is 10. The second kappa shape index (κ2) is 42.7. The molecular weight excluding hydrogens is 797 g/mol. The molecule has 2 rings (SSSR count). The van der Waals surface area contributed by atoms with Crippen LogP contribution >= 0.6 is 7.82 Å². The first-order valence-electron chi connectivity index (χ1n) is 20.0. The predicted molar refractivity (Wildman–Crippen MR) is 218 cm³/mol. The van der Waals surface area contributed by atoms with Crippen molar-refractivity contribution in [1.82, 2.24) is 4.90 Å². The van der Waals surface area contributed by atoms with Crippen molar-refractivity contribution < 1.29 is 81.2 Å². The molecule has 0 aliphatic heterocycles.